The Morgan fingerprint density at radius 3 is 2.68 bits per heavy atom. The zero-order valence-corrected chi connectivity index (χ0v) is 14.7. The Morgan fingerprint density at radius 1 is 1.18 bits per heavy atom. The van der Waals surface area contributed by atoms with Crippen LogP contribution in [0.4, 0.5) is 0 Å². The Labute approximate surface area is 141 Å². The number of hydrogen-bond acceptors (Lipinski definition) is 2. The van der Waals surface area contributed by atoms with Gasteiger partial charge in [0.05, 0.1) is 0 Å². The molecule has 0 atom stereocenters. The first-order valence-electron chi connectivity index (χ1n) is 8.33. The number of unbranched alkanes of at least 4 members (excludes halogenated alkanes) is 1. The van der Waals surface area contributed by atoms with Gasteiger partial charge in [0.1, 0.15) is 0 Å². The summed E-state index contributed by atoms with van der Waals surface area (Å²) in [4.78, 5) is 11.7. The van der Waals surface area contributed by atoms with E-state index >= 15 is 0 Å². The molecule has 1 aromatic rings. The van der Waals surface area contributed by atoms with Gasteiger partial charge in [0.25, 0.3) is 0 Å². The summed E-state index contributed by atoms with van der Waals surface area (Å²) in [5.41, 5.74) is 1.33. The Hall–Kier alpha value is -0.870. The molecule has 0 heterocycles. The molecule has 2 rings (SSSR count). The summed E-state index contributed by atoms with van der Waals surface area (Å²) in [6, 6.07) is 8.39. The highest BCUT2D eigenvalue weighted by molar-refractivity contribution is 9.10. The number of hydrogen-bond donors (Lipinski definition) is 1. The molecular weight excluding hydrogens is 342 g/mol. The molecule has 0 saturated heterocycles. The zero-order chi connectivity index (χ0) is 15.6. The molecule has 3 nitrogen and oxygen atoms in total. The SMILES string of the molecule is O=C(CCCCc1ccc(Br)cc1)NCCCOCC1CC1. The van der Waals surface area contributed by atoms with E-state index in [1.165, 1.54) is 18.4 Å². The monoisotopic (exact) mass is 367 g/mol. The minimum absolute atomic E-state index is 0.165. The first kappa shape index (κ1) is 17.5. The van der Waals surface area contributed by atoms with Gasteiger partial charge in [-0.2, -0.15) is 0 Å². The summed E-state index contributed by atoms with van der Waals surface area (Å²) in [7, 11) is 0. The molecule has 0 aromatic heterocycles. The molecule has 122 valence electrons. The van der Waals surface area contributed by atoms with Crippen LogP contribution in [0.1, 0.15) is 44.1 Å². The number of halogens is 1. The van der Waals surface area contributed by atoms with Gasteiger partial charge in [-0.05, 0) is 62.1 Å². The van der Waals surface area contributed by atoms with Crippen LogP contribution in [0.3, 0.4) is 0 Å². The van der Waals surface area contributed by atoms with E-state index < -0.39 is 0 Å². The third-order valence-electron chi connectivity index (χ3n) is 3.87. The van der Waals surface area contributed by atoms with Crippen molar-refractivity contribution in [1.82, 2.24) is 5.32 Å². The third kappa shape index (κ3) is 7.95. The van der Waals surface area contributed by atoms with Crippen molar-refractivity contribution in [2.24, 2.45) is 5.92 Å². The van der Waals surface area contributed by atoms with Crippen molar-refractivity contribution in [1.29, 1.82) is 0 Å². The van der Waals surface area contributed by atoms with Crippen LogP contribution in [-0.2, 0) is 16.0 Å². The first-order valence-corrected chi connectivity index (χ1v) is 9.12. The lowest BCUT2D eigenvalue weighted by atomic mass is 10.1. The second-order valence-corrected chi connectivity index (χ2v) is 6.97. The molecule has 1 aromatic carbocycles. The summed E-state index contributed by atoms with van der Waals surface area (Å²) in [6.07, 6.45) is 7.24. The lowest BCUT2D eigenvalue weighted by Crippen LogP contribution is -2.25. The molecule has 1 amide bonds. The largest absolute Gasteiger partial charge is 0.381 e. The highest BCUT2D eigenvalue weighted by Gasteiger charge is 2.20. The molecule has 1 N–H and O–H groups in total. The number of amides is 1. The summed E-state index contributed by atoms with van der Waals surface area (Å²) < 4.78 is 6.65. The lowest BCUT2D eigenvalue weighted by molar-refractivity contribution is -0.121. The van der Waals surface area contributed by atoms with Crippen LogP contribution < -0.4 is 5.32 Å². The maximum Gasteiger partial charge on any atom is 0.219 e. The van der Waals surface area contributed by atoms with E-state index in [9.17, 15) is 4.79 Å². The second kappa shape index (κ2) is 10.0. The molecule has 0 aliphatic heterocycles. The minimum atomic E-state index is 0.165. The normalized spacial score (nSPS) is 14.0. The van der Waals surface area contributed by atoms with Gasteiger partial charge in [0, 0.05) is 30.7 Å². The smallest absolute Gasteiger partial charge is 0.219 e. The first-order chi connectivity index (χ1) is 10.7. The van der Waals surface area contributed by atoms with Crippen LogP contribution in [0.5, 0.6) is 0 Å². The van der Waals surface area contributed by atoms with Gasteiger partial charge in [-0.1, -0.05) is 28.1 Å². The van der Waals surface area contributed by atoms with Crippen molar-refractivity contribution < 1.29 is 9.53 Å². The van der Waals surface area contributed by atoms with E-state index in [-0.39, 0.29) is 5.91 Å². The van der Waals surface area contributed by atoms with Crippen molar-refractivity contribution in [2.45, 2.75) is 44.9 Å². The highest BCUT2D eigenvalue weighted by Crippen LogP contribution is 2.28. The topological polar surface area (TPSA) is 38.3 Å². The molecule has 1 saturated carbocycles. The molecule has 1 fully saturated rings. The average molecular weight is 368 g/mol. The van der Waals surface area contributed by atoms with Crippen LogP contribution in [0.25, 0.3) is 0 Å². The molecule has 0 bridgehead atoms. The number of carbonyl (C=O) groups is 1. The molecule has 4 heteroatoms. The van der Waals surface area contributed by atoms with Crippen molar-refractivity contribution in [2.75, 3.05) is 19.8 Å². The number of ether oxygens (including phenoxy) is 1. The standard InChI is InChI=1S/C18H26BrNO2/c19-17-10-8-15(9-11-17)4-1-2-5-18(21)20-12-3-13-22-14-16-6-7-16/h8-11,16H,1-7,12-14H2,(H,20,21). The number of carbonyl (C=O) groups excluding carboxylic acids is 1. The fraction of sp³-hybridized carbons (Fsp3) is 0.611. The predicted octanol–water partition coefficient (Wildman–Crippen LogP) is 4.09. The maximum absolute atomic E-state index is 11.7. The van der Waals surface area contributed by atoms with Gasteiger partial charge in [-0.3, -0.25) is 4.79 Å². The van der Waals surface area contributed by atoms with Gasteiger partial charge >= 0.3 is 0 Å². The highest BCUT2D eigenvalue weighted by atomic mass is 79.9. The van der Waals surface area contributed by atoms with E-state index in [1.807, 2.05) is 0 Å². The zero-order valence-electron chi connectivity index (χ0n) is 13.2. The van der Waals surface area contributed by atoms with E-state index in [4.69, 9.17) is 4.74 Å². The molecule has 0 spiro atoms. The van der Waals surface area contributed by atoms with Crippen LogP contribution in [0.15, 0.2) is 28.7 Å². The Kier molecular flexibility index (Phi) is 7.95. The fourth-order valence-corrected chi connectivity index (χ4v) is 2.56. The average Bonchev–Trinajstić information content (AvgIpc) is 3.33. The predicted molar refractivity (Wildman–Crippen MR) is 92.9 cm³/mol. The molecule has 1 aliphatic rings. The van der Waals surface area contributed by atoms with Gasteiger partial charge in [0.2, 0.25) is 5.91 Å². The second-order valence-electron chi connectivity index (χ2n) is 6.06. The van der Waals surface area contributed by atoms with E-state index in [0.29, 0.717) is 6.42 Å². The molecular formula is C18H26BrNO2. The van der Waals surface area contributed by atoms with Crippen LogP contribution in [0.2, 0.25) is 0 Å². The van der Waals surface area contributed by atoms with E-state index in [0.717, 1.165) is 55.8 Å². The van der Waals surface area contributed by atoms with Crippen LogP contribution in [0, 0.1) is 5.92 Å². The third-order valence-corrected chi connectivity index (χ3v) is 4.40. The Bertz CT molecular complexity index is 443. The van der Waals surface area contributed by atoms with Gasteiger partial charge in [-0.25, -0.2) is 0 Å². The molecule has 1 aliphatic carbocycles. The van der Waals surface area contributed by atoms with Crippen LogP contribution in [-0.4, -0.2) is 25.7 Å². The summed E-state index contributed by atoms with van der Waals surface area (Å²) >= 11 is 3.43. The number of aryl methyl sites for hydroxylation is 1. The molecule has 0 unspecified atom stereocenters. The van der Waals surface area contributed by atoms with Crippen molar-refractivity contribution in [3.8, 4) is 0 Å². The van der Waals surface area contributed by atoms with E-state index in [1.54, 1.807) is 0 Å². The van der Waals surface area contributed by atoms with Crippen molar-refractivity contribution in [3.05, 3.63) is 34.3 Å². The number of rotatable bonds is 11. The quantitative estimate of drug-likeness (QED) is 0.598. The summed E-state index contributed by atoms with van der Waals surface area (Å²) in [5, 5.41) is 2.97. The summed E-state index contributed by atoms with van der Waals surface area (Å²) in [6.45, 7) is 2.40. The van der Waals surface area contributed by atoms with E-state index in [2.05, 4.69) is 45.5 Å². The molecule has 0 radical (unpaired) electrons. The Balaban J connectivity index is 1.41. The van der Waals surface area contributed by atoms with Gasteiger partial charge < -0.3 is 10.1 Å². The Morgan fingerprint density at radius 2 is 1.95 bits per heavy atom. The lowest BCUT2D eigenvalue weighted by Gasteiger charge is -2.06. The minimum Gasteiger partial charge on any atom is -0.381 e. The molecule has 22 heavy (non-hydrogen) atoms. The van der Waals surface area contributed by atoms with Gasteiger partial charge in [0.15, 0.2) is 0 Å². The summed E-state index contributed by atoms with van der Waals surface area (Å²) in [5.74, 6) is 0.985. The van der Waals surface area contributed by atoms with Crippen molar-refractivity contribution in [3.63, 3.8) is 0 Å². The maximum atomic E-state index is 11.7. The van der Waals surface area contributed by atoms with Crippen LogP contribution >= 0.6 is 15.9 Å². The van der Waals surface area contributed by atoms with Gasteiger partial charge in [-0.15, -0.1) is 0 Å². The number of nitrogens with one attached hydrogen (secondary N) is 1. The fourth-order valence-electron chi connectivity index (χ4n) is 2.29. The van der Waals surface area contributed by atoms with Crippen molar-refractivity contribution >= 4 is 21.8 Å². The number of benzene rings is 1.